The second-order valence-electron chi connectivity index (χ2n) is 12.0. The minimum atomic E-state index is -0.604. The van der Waals surface area contributed by atoms with Crippen molar-refractivity contribution in [2.75, 3.05) is 16.3 Å². The van der Waals surface area contributed by atoms with E-state index in [-0.39, 0.29) is 12.4 Å². The fourth-order valence-electron chi connectivity index (χ4n) is 5.42. The van der Waals surface area contributed by atoms with Crippen LogP contribution in [0.5, 0.6) is 0 Å². The van der Waals surface area contributed by atoms with Crippen molar-refractivity contribution in [3.63, 3.8) is 0 Å². The Morgan fingerprint density at radius 1 is 1.09 bits per heavy atom. The molecule has 3 aromatic heterocycles. The van der Waals surface area contributed by atoms with Crippen molar-refractivity contribution in [3.8, 4) is 11.1 Å². The first-order valence-corrected chi connectivity index (χ1v) is 15.8. The molecule has 1 N–H and O–H groups in total. The predicted octanol–water partition coefficient (Wildman–Crippen LogP) is 7.33. The summed E-state index contributed by atoms with van der Waals surface area (Å²) in [7, 11) is 1.79. The molecular weight excluding hydrogens is 672 g/mol. The summed E-state index contributed by atoms with van der Waals surface area (Å²) in [4.78, 5) is 45.8. The number of anilines is 3. The first-order valence-electron chi connectivity index (χ1n) is 14.7. The largest absolute Gasteiger partial charge is 0.444 e. The number of rotatable bonds is 5. The van der Waals surface area contributed by atoms with Gasteiger partial charge in [0.2, 0.25) is 5.82 Å². The summed E-state index contributed by atoms with van der Waals surface area (Å²) in [5.41, 5.74) is 6.46. The molecule has 11 nitrogen and oxygen atoms in total. The van der Waals surface area contributed by atoms with Gasteiger partial charge in [0, 0.05) is 53.8 Å². The number of benzene rings is 2. The Bertz CT molecular complexity index is 1990. The average Bonchev–Trinajstić information content (AvgIpc) is 3.36. The molecule has 2 amide bonds. The van der Waals surface area contributed by atoms with Gasteiger partial charge in [-0.25, -0.2) is 29.1 Å². The molecule has 0 atom stereocenters. The van der Waals surface area contributed by atoms with Crippen LogP contribution in [0.2, 0.25) is 0 Å². The van der Waals surface area contributed by atoms with E-state index >= 15 is 0 Å². The average molecular weight is 704 g/mol. The van der Waals surface area contributed by atoms with Crippen LogP contribution >= 0.6 is 27.7 Å². The Balaban J connectivity index is 1.24. The molecule has 0 bridgehead atoms. The van der Waals surface area contributed by atoms with Crippen LogP contribution < -0.4 is 9.74 Å². The Morgan fingerprint density at radius 2 is 1.87 bits per heavy atom. The van der Waals surface area contributed by atoms with E-state index in [4.69, 9.17) is 16.5 Å². The minimum Gasteiger partial charge on any atom is -0.444 e. The Kier molecular flexibility index (Phi) is 8.43. The number of pyridine rings is 1. The maximum absolute atomic E-state index is 13.7. The molecule has 0 fully saturated rings. The van der Waals surface area contributed by atoms with Crippen LogP contribution in [-0.4, -0.2) is 53.5 Å². The normalized spacial score (nSPS) is 13.0. The highest BCUT2D eigenvalue weighted by Gasteiger charge is 2.31. The van der Waals surface area contributed by atoms with Gasteiger partial charge in [-0.1, -0.05) is 24.3 Å². The van der Waals surface area contributed by atoms with Gasteiger partial charge in [-0.3, -0.25) is 4.79 Å². The first kappa shape index (κ1) is 31.4. The lowest BCUT2D eigenvalue weighted by molar-refractivity contribution is 0.0220. The number of carbonyl (C=O) groups is 2. The highest BCUT2D eigenvalue weighted by molar-refractivity contribution is 9.10. The number of amides is 2. The van der Waals surface area contributed by atoms with E-state index in [9.17, 15) is 9.59 Å². The Morgan fingerprint density at radius 3 is 2.65 bits per heavy atom. The molecule has 0 aliphatic carbocycles. The zero-order valence-corrected chi connectivity index (χ0v) is 28.3. The van der Waals surface area contributed by atoms with Gasteiger partial charge >= 0.3 is 12.0 Å². The van der Waals surface area contributed by atoms with Crippen LogP contribution in [0.3, 0.4) is 0 Å². The van der Waals surface area contributed by atoms with E-state index in [1.165, 1.54) is 6.33 Å². The summed E-state index contributed by atoms with van der Waals surface area (Å²) >= 11 is 10.1. The van der Waals surface area contributed by atoms with Gasteiger partial charge in [0.25, 0.3) is 0 Å². The van der Waals surface area contributed by atoms with Gasteiger partial charge in [-0.15, -0.1) is 0 Å². The number of aromatic nitrogens is 5. The number of ether oxygens (including phenoxy) is 1. The van der Waals surface area contributed by atoms with Crippen molar-refractivity contribution >= 4 is 67.9 Å². The summed E-state index contributed by atoms with van der Waals surface area (Å²) in [5, 5.41) is 3.41. The molecule has 13 heteroatoms. The zero-order chi connectivity index (χ0) is 32.7. The minimum absolute atomic E-state index is 0.191. The van der Waals surface area contributed by atoms with E-state index in [0.717, 1.165) is 37.0 Å². The van der Waals surface area contributed by atoms with E-state index in [1.54, 1.807) is 28.8 Å². The number of fused-ring (bicyclic) bond motifs is 2. The number of hydrogen-bond donors (Lipinski definition) is 1. The molecule has 46 heavy (non-hydrogen) atoms. The predicted molar refractivity (Wildman–Crippen MR) is 181 cm³/mol. The highest BCUT2D eigenvalue weighted by Crippen LogP contribution is 2.34. The van der Waals surface area contributed by atoms with Crippen LogP contribution in [0.25, 0.3) is 22.2 Å². The molecule has 1 aliphatic heterocycles. The van der Waals surface area contributed by atoms with E-state index in [2.05, 4.69) is 41.2 Å². The topological polar surface area (TPSA) is 118 Å². The van der Waals surface area contributed by atoms with Crippen LogP contribution in [0, 0.1) is 6.92 Å². The summed E-state index contributed by atoms with van der Waals surface area (Å²) < 4.78 is 9.20. The molecule has 6 rings (SSSR count). The molecule has 4 heterocycles. The molecule has 5 aromatic rings. The Hall–Kier alpha value is -4.55. The molecule has 1 aliphatic rings. The summed E-state index contributed by atoms with van der Waals surface area (Å²) in [6.45, 7) is 8.23. The van der Waals surface area contributed by atoms with Gasteiger partial charge in [-0.2, -0.15) is 0 Å². The first-order chi connectivity index (χ1) is 21.9. The summed E-state index contributed by atoms with van der Waals surface area (Å²) in [5.74, 6) is 0.314. The van der Waals surface area contributed by atoms with Crippen LogP contribution in [-0.2, 0) is 24.8 Å². The van der Waals surface area contributed by atoms with Gasteiger partial charge < -0.3 is 19.5 Å². The number of imidazole rings is 1. The summed E-state index contributed by atoms with van der Waals surface area (Å²) in [6, 6.07) is 15.3. The van der Waals surface area contributed by atoms with E-state index in [1.807, 2.05) is 70.2 Å². The van der Waals surface area contributed by atoms with Gasteiger partial charge in [0.05, 0.1) is 23.4 Å². The second-order valence-corrected chi connectivity index (χ2v) is 13.3. The van der Waals surface area contributed by atoms with Crippen molar-refractivity contribution < 1.29 is 14.3 Å². The van der Waals surface area contributed by atoms with Crippen molar-refractivity contribution in [2.24, 2.45) is 7.05 Å². The molecular formula is C33H32BrClN8O3. The van der Waals surface area contributed by atoms with Crippen molar-refractivity contribution in [1.82, 2.24) is 29.4 Å². The van der Waals surface area contributed by atoms with Crippen molar-refractivity contribution in [2.45, 2.75) is 46.3 Å². The number of carbonyl (C=O) groups excluding carboxylic acids is 2. The van der Waals surface area contributed by atoms with E-state index < -0.39 is 17.6 Å². The Labute approximate surface area is 279 Å². The maximum Gasteiger partial charge on any atom is 0.410 e. The fourth-order valence-corrected chi connectivity index (χ4v) is 5.92. The number of nitrogens with one attached hydrogen (secondary N) is 1. The van der Waals surface area contributed by atoms with Crippen LogP contribution in [0.15, 0.2) is 65.5 Å². The number of halogens is 2. The molecule has 236 valence electrons. The zero-order valence-electron chi connectivity index (χ0n) is 26.0. The third-order valence-electron chi connectivity index (χ3n) is 7.69. The number of hydrogen-bond acceptors (Lipinski definition) is 8. The van der Waals surface area contributed by atoms with Crippen molar-refractivity contribution in [1.29, 1.82) is 0 Å². The molecule has 0 saturated heterocycles. The van der Waals surface area contributed by atoms with E-state index in [0.29, 0.717) is 41.2 Å². The van der Waals surface area contributed by atoms with Crippen LogP contribution in [0.1, 0.15) is 48.3 Å². The molecule has 0 saturated carbocycles. The number of nitrogens with zero attached hydrogens (tertiary/aromatic N) is 7. The third kappa shape index (κ3) is 6.27. The van der Waals surface area contributed by atoms with Crippen LogP contribution in [0.4, 0.5) is 22.0 Å². The SMILES string of the molecule is Cc1c(Nc2ncnc3cc(Br)cnc23)cccc1-c1cccc(N(Cl)C(=O)c2nc3c(n2C)CCN(C(=O)OC(C)(C)C)C3)c1. The van der Waals surface area contributed by atoms with Gasteiger partial charge in [0.15, 0.2) is 5.82 Å². The summed E-state index contributed by atoms with van der Waals surface area (Å²) in [6.07, 6.45) is 3.36. The monoisotopic (exact) mass is 702 g/mol. The fraction of sp³-hybridized carbons (Fsp3) is 0.273. The lowest BCUT2D eigenvalue weighted by Crippen LogP contribution is -2.40. The van der Waals surface area contributed by atoms with Gasteiger partial charge in [-0.05, 0) is 84.6 Å². The molecule has 0 unspecified atom stereocenters. The quantitative estimate of drug-likeness (QED) is 0.189. The van der Waals surface area contributed by atoms with Gasteiger partial charge in [0.1, 0.15) is 17.4 Å². The second kappa shape index (κ2) is 12.3. The molecule has 2 aromatic carbocycles. The molecule has 0 spiro atoms. The van der Waals surface area contributed by atoms with Crippen molar-refractivity contribution in [3.05, 3.63) is 88.3 Å². The molecule has 0 radical (unpaired) electrons. The lowest BCUT2D eigenvalue weighted by atomic mass is 9.98. The maximum atomic E-state index is 13.7. The smallest absolute Gasteiger partial charge is 0.410 e. The highest BCUT2D eigenvalue weighted by atomic mass is 79.9. The lowest BCUT2D eigenvalue weighted by Gasteiger charge is -2.29. The third-order valence-corrected chi connectivity index (χ3v) is 8.47. The standard InChI is InChI=1S/C33H32BrClN8O3/c1-19-23(10-7-11-24(19)39-29-28-25(37-18-38-29)15-21(34)16-36-28)20-8-6-9-22(14-20)43(35)31(44)30-40-26-17-42(13-12-27(26)41(30)5)32(45)46-33(2,3)4/h6-11,14-16,18H,12-13,17H2,1-5H3,(H,37,38,39).